The van der Waals surface area contributed by atoms with Gasteiger partial charge in [0.25, 0.3) is 5.91 Å². The molecule has 1 saturated heterocycles. The Morgan fingerprint density at radius 3 is 2.50 bits per heavy atom. The lowest BCUT2D eigenvalue weighted by Gasteiger charge is -2.35. The third kappa shape index (κ3) is 4.34. The molecule has 2 heterocycles. The maximum absolute atomic E-state index is 12.9. The summed E-state index contributed by atoms with van der Waals surface area (Å²) in [5.74, 6) is -1.07. The lowest BCUT2D eigenvalue weighted by molar-refractivity contribution is -0.251. The summed E-state index contributed by atoms with van der Waals surface area (Å²) in [7, 11) is 0. The van der Waals surface area contributed by atoms with E-state index in [0.717, 1.165) is 10.2 Å². The zero-order valence-corrected chi connectivity index (χ0v) is 16.8. The smallest absolute Gasteiger partial charge is 0.435 e. The van der Waals surface area contributed by atoms with Crippen LogP contribution >= 0.6 is 0 Å². The average Bonchev–Trinajstić information content (AvgIpc) is 3.14. The first kappa shape index (κ1) is 20.1. The quantitative estimate of drug-likeness (QED) is 0.712. The largest absolute Gasteiger partial charge is 0.443 e. The molecule has 156 valence electrons. The summed E-state index contributed by atoms with van der Waals surface area (Å²) in [6.45, 7) is 4.41. The maximum atomic E-state index is 12.9. The Bertz CT molecular complexity index is 1050. The van der Waals surface area contributed by atoms with Gasteiger partial charge in [0.15, 0.2) is 11.5 Å². The lowest BCUT2D eigenvalue weighted by Crippen LogP contribution is -2.50. The minimum Gasteiger partial charge on any atom is -0.443 e. The highest BCUT2D eigenvalue weighted by Gasteiger charge is 2.30. The van der Waals surface area contributed by atoms with Gasteiger partial charge in [-0.2, -0.15) is 9.78 Å². The van der Waals surface area contributed by atoms with Gasteiger partial charge in [-0.05, 0) is 25.5 Å². The van der Waals surface area contributed by atoms with Crippen molar-refractivity contribution in [2.24, 2.45) is 0 Å². The summed E-state index contributed by atoms with van der Waals surface area (Å²) >= 11 is 0. The molecule has 0 radical (unpaired) electrons. The number of hydrogen-bond donors (Lipinski definition) is 1. The number of ether oxygens (including phenoxy) is 3. The Morgan fingerprint density at radius 1 is 1.10 bits per heavy atom. The predicted molar refractivity (Wildman–Crippen MR) is 109 cm³/mol. The van der Waals surface area contributed by atoms with Gasteiger partial charge < -0.3 is 19.5 Å². The second-order valence-electron chi connectivity index (χ2n) is 7.51. The van der Waals surface area contributed by atoms with Crippen molar-refractivity contribution in [1.82, 2.24) is 15.1 Å². The van der Waals surface area contributed by atoms with Gasteiger partial charge in [0.1, 0.15) is 6.61 Å². The van der Waals surface area contributed by atoms with E-state index in [2.05, 4.69) is 10.4 Å². The van der Waals surface area contributed by atoms with Crippen molar-refractivity contribution in [1.29, 1.82) is 0 Å². The Kier molecular flexibility index (Phi) is 5.52. The number of amides is 1. The van der Waals surface area contributed by atoms with Gasteiger partial charge in [-0.15, -0.1) is 0 Å². The number of rotatable bonds is 4. The van der Waals surface area contributed by atoms with Crippen molar-refractivity contribution in [2.45, 2.75) is 32.3 Å². The fourth-order valence-electron chi connectivity index (χ4n) is 3.18. The summed E-state index contributed by atoms with van der Waals surface area (Å²) in [5.41, 5.74) is 1.51. The van der Waals surface area contributed by atoms with Crippen LogP contribution in [0.2, 0.25) is 0 Å². The molecule has 1 aliphatic rings. The topological polar surface area (TPSA) is 91.7 Å². The van der Waals surface area contributed by atoms with Gasteiger partial charge in [0.05, 0.1) is 24.8 Å². The zero-order valence-electron chi connectivity index (χ0n) is 16.8. The minimum atomic E-state index is -0.669. The second-order valence-corrected chi connectivity index (χ2v) is 7.51. The first-order valence-corrected chi connectivity index (χ1v) is 9.70. The Morgan fingerprint density at radius 2 is 1.77 bits per heavy atom. The Labute approximate surface area is 173 Å². The summed E-state index contributed by atoms with van der Waals surface area (Å²) in [4.78, 5) is 25.5. The maximum Gasteiger partial charge on any atom is 0.435 e. The van der Waals surface area contributed by atoms with E-state index in [1.165, 1.54) is 0 Å². The molecule has 0 saturated carbocycles. The number of hydrogen-bond acceptors (Lipinski definition) is 6. The van der Waals surface area contributed by atoms with Crippen LogP contribution < -0.4 is 5.32 Å². The van der Waals surface area contributed by atoms with Crippen LogP contribution in [-0.4, -0.2) is 46.8 Å². The number of para-hydroxylation sites is 1. The number of carbonyl (C=O) groups excluding carboxylic acids is 2. The number of carbonyl (C=O) groups is 2. The Balaban J connectivity index is 1.51. The van der Waals surface area contributed by atoms with Crippen LogP contribution in [0, 0.1) is 0 Å². The van der Waals surface area contributed by atoms with Crippen molar-refractivity contribution < 1.29 is 23.8 Å². The van der Waals surface area contributed by atoms with E-state index < -0.39 is 17.8 Å². The number of fused-ring (bicyclic) bond motifs is 1. The molecule has 8 heteroatoms. The summed E-state index contributed by atoms with van der Waals surface area (Å²) in [5, 5.41) is 7.66. The van der Waals surface area contributed by atoms with Gasteiger partial charge in [-0.1, -0.05) is 48.5 Å². The van der Waals surface area contributed by atoms with Gasteiger partial charge in [-0.3, -0.25) is 4.79 Å². The van der Waals surface area contributed by atoms with Crippen molar-refractivity contribution in [3.63, 3.8) is 0 Å². The molecule has 0 bridgehead atoms. The molecule has 2 aromatic carbocycles. The summed E-state index contributed by atoms with van der Waals surface area (Å²) < 4.78 is 17.7. The molecule has 1 N–H and O–H groups in total. The van der Waals surface area contributed by atoms with Gasteiger partial charge in [0.2, 0.25) is 0 Å². The standard InChI is InChI=1S/C22H23N3O5/c1-22(2)29-13-16(14-30-22)23-20(26)19-17-10-6-7-11-18(17)25(24-19)21(27)28-12-15-8-4-3-5-9-15/h3-11,16H,12-14H2,1-2H3,(H,23,26). The third-order valence-electron chi connectivity index (χ3n) is 4.78. The number of aromatic nitrogens is 2. The number of nitrogens with zero attached hydrogens (tertiary/aromatic N) is 2. The first-order valence-electron chi connectivity index (χ1n) is 9.70. The van der Waals surface area contributed by atoms with Crippen molar-refractivity contribution in [3.05, 3.63) is 65.9 Å². The number of nitrogens with one attached hydrogen (secondary N) is 1. The molecular weight excluding hydrogens is 386 g/mol. The third-order valence-corrected chi connectivity index (χ3v) is 4.78. The van der Waals surface area contributed by atoms with Crippen LogP contribution in [0.5, 0.6) is 0 Å². The van der Waals surface area contributed by atoms with E-state index in [0.29, 0.717) is 24.1 Å². The molecular formula is C22H23N3O5. The van der Waals surface area contributed by atoms with Crippen molar-refractivity contribution in [3.8, 4) is 0 Å². The summed E-state index contributed by atoms with van der Waals surface area (Å²) in [6.07, 6.45) is -0.653. The second kappa shape index (κ2) is 8.25. The highest BCUT2D eigenvalue weighted by atomic mass is 16.7. The molecule has 4 rings (SSSR count). The molecule has 0 spiro atoms. The zero-order chi connectivity index (χ0) is 21.1. The van der Waals surface area contributed by atoms with Crippen LogP contribution in [0.1, 0.15) is 29.9 Å². The molecule has 30 heavy (non-hydrogen) atoms. The van der Waals surface area contributed by atoms with E-state index in [4.69, 9.17) is 14.2 Å². The monoisotopic (exact) mass is 409 g/mol. The molecule has 8 nitrogen and oxygen atoms in total. The highest BCUT2D eigenvalue weighted by molar-refractivity contribution is 6.06. The Hall–Kier alpha value is -3.23. The molecule has 0 atom stereocenters. The van der Waals surface area contributed by atoms with Crippen LogP contribution in [0.4, 0.5) is 4.79 Å². The van der Waals surface area contributed by atoms with Gasteiger partial charge >= 0.3 is 6.09 Å². The lowest BCUT2D eigenvalue weighted by atomic mass is 10.2. The van der Waals surface area contributed by atoms with Crippen LogP contribution in [-0.2, 0) is 20.8 Å². The SMILES string of the molecule is CC1(C)OCC(NC(=O)c2nn(C(=O)OCc3ccccc3)c3ccccc23)CO1. The van der Waals surface area contributed by atoms with Crippen molar-refractivity contribution >= 4 is 22.9 Å². The average molecular weight is 409 g/mol. The van der Waals surface area contributed by atoms with E-state index in [1.54, 1.807) is 24.3 Å². The number of benzene rings is 2. The fourth-order valence-corrected chi connectivity index (χ4v) is 3.18. The van der Waals surface area contributed by atoms with Gasteiger partial charge in [-0.25, -0.2) is 4.79 Å². The predicted octanol–water partition coefficient (Wildman–Crippen LogP) is 3.10. The molecule has 0 unspecified atom stereocenters. The van der Waals surface area contributed by atoms with E-state index in [1.807, 2.05) is 44.2 Å². The first-order chi connectivity index (χ1) is 14.4. The van der Waals surface area contributed by atoms with E-state index in [-0.39, 0.29) is 18.3 Å². The molecule has 0 aliphatic carbocycles. The molecule has 1 aliphatic heterocycles. The van der Waals surface area contributed by atoms with E-state index in [9.17, 15) is 9.59 Å². The molecule has 1 fully saturated rings. The van der Waals surface area contributed by atoms with E-state index >= 15 is 0 Å². The van der Waals surface area contributed by atoms with Crippen LogP contribution in [0.15, 0.2) is 54.6 Å². The molecule has 1 aromatic heterocycles. The highest BCUT2D eigenvalue weighted by Crippen LogP contribution is 2.21. The van der Waals surface area contributed by atoms with Crippen molar-refractivity contribution in [2.75, 3.05) is 13.2 Å². The minimum absolute atomic E-state index is 0.113. The molecule has 1 amide bonds. The van der Waals surface area contributed by atoms with Crippen LogP contribution in [0.3, 0.4) is 0 Å². The fraction of sp³-hybridized carbons (Fsp3) is 0.318. The molecule has 3 aromatic rings. The normalized spacial score (nSPS) is 16.3. The summed E-state index contributed by atoms with van der Waals surface area (Å²) in [6, 6.07) is 16.1. The van der Waals surface area contributed by atoms with Gasteiger partial charge in [0, 0.05) is 5.39 Å². The van der Waals surface area contributed by atoms with Crippen LogP contribution in [0.25, 0.3) is 10.9 Å².